The molecular weight excluding hydrogens is 298 g/mol. The van der Waals surface area contributed by atoms with Gasteiger partial charge in [0.1, 0.15) is 0 Å². The van der Waals surface area contributed by atoms with E-state index in [-0.39, 0.29) is 12.1 Å². The highest BCUT2D eigenvalue weighted by molar-refractivity contribution is 7.84. The van der Waals surface area contributed by atoms with Crippen molar-refractivity contribution < 1.29 is 9.00 Å². The minimum Gasteiger partial charge on any atom is -0.324 e. The van der Waals surface area contributed by atoms with E-state index >= 15 is 0 Å². The summed E-state index contributed by atoms with van der Waals surface area (Å²) in [4.78, 5) is 18.3. The van der Waals surface area contributed by atoms with Crippen LogP contribution in [0.5, 0.6) is 0 Å². The van der Waals surface area contributed by atoms with E-state index in [4.69, 9.17) is 0 Å². The van der Waals surface area contributed by atoms with Crippen LogP contribution >= 0.6 is 0 Å². The Bertz CT molecular complexity index is 718. The molecule has 2 amide bonds. The lowest BCUT2D eigenvalue weighted by atomic mass is 10.1. The summed E-state index contributed by atoms with van der Waals surface area (Å²) >= 11 is 0. The topological polar surface area (TPSA) is 62.3 Å². The molecule has 0 bridgehead atoms. The van der Waals surface area contributed by atoms with Gasteiger partial charge in [0.2, 0.25) is 0 Å². The number of aromatic nitrogens is 1. The fraction of sp³-hybridized carbons (Fsp3) is 0.375. The highest BCUT2D eigenvalue weighted by Crippen LogP contribution is 2.23. The molecule has 6 heteroatoms. The zero-order valence-electron chi connectivity index (χ0n) is 13.3. The van der Waals surface area contributed by atoms with Crippen molar-refractivity contribution >= 4 is 33.4 Å². The van der Waals surface area contributed by atoms with Crippen molar-refractivity contribution in [2.45, 2.75) is 19.9 Å². The standard InChI is InChI=1S/C16H21N3O2S/c1-11-8-13-6-5-7-17-15(13)14(9-11)18-16(20)19(3)12(2)10-22(4)21/h5-9,12H,10H2,1-4H3,(H,18,20). The lowest BCUT2D eigenvalue weighted by Gasteiger charge is -2.24. The number of fused-ring (bicyclic) bond motifs is 1. The van der Waals surface area contributed by atoms with Gasteiger partial charge in [0.15, 0.2) is 0 Å². The number of hydrogen-bond donors (Lipinski definition) is 1. The van der Waals surface area contributed by atoms with Gasteiger partial charge >= 0.3 is 6.03 Å². The molecule has 0 aliphatic heterocycles. The Morgan fingerprint density at radius 2 is 2.18 bits per heavy atom. The van der Waals surface area contributed by atoms with Crippen LogP contribution in [0, 0.1) is 6.92 Å². The minimum atomic E-state index is -0.939. The summed E-state index contributed by atoms with van der Waals surface area (Å²) in [6.07, 6.45) is 3.35. The monoisotopic (exact) mass is 319 g/mol. The predicted octanol–water partition coefficient (Wildman–Crippen LogP) is 2.77. The smallest absolute Gasteiger partial charge is 0.321 e. The Labute approximate surface area is 133 Å². The number of amides is 2. The van der Waals surface area contributed by atoms with Crippen LogP contribution in [0.1, 0.15) is 12.5 Å². The second kappa shape index (κ2) is 6.87. The summed E-state index contributed by atoms with van der Waals surface area (Å²) < 4.78 is 11.3. The first-order valence-electron chi connectivity index (χ1n) is 7.07. The van der Waals surface area contributed by atoms with Crippen molar-refractivity contribution in [1.82, 2.24) is 9.88 Å². The van der Waals surface area contributed by atoms with Gasteiger partial charge in [-0.3, -0.25) is 9.19 Å². The Balaban J connectivity index is 2.23. The van der Waals surface area contributed by atoms with Gasteiger partial charge in [-0.15, -0.1) is 0 Å². The Morgan fingerprint density at radius 3 is 2.86 bits per heavy atom. The third-order valence-corrected chi connectivity index (χ3v) is 4.50. The lowest BCUT2D eigenvalue weighted by molar-refractivity contribution is 0.212. The average molecular weight is 319 g/mol. The van der Waals surface area contributed by atoms with Gasteiger partial charge in [-0.25, -0.2) is 4.79 Å². The van der Waals surface area contributed by atoms with E-state index in [0.29, 0.717) is 11.4 Å². The summed E-state index contributed by atoms with van der Waals surface area (Å²) in [6.45, 7) is 3.86. The number of nitrogens with one attached hydrogen (secondary N) is 1. The molecule has 0 spiro atoms. The van der Waals surface area contributed by atoms with Crippen molar-refractivity contribution in [3.8, 4) is 0 Å². The van der Waals surface area contributed by atoms with E-state index in [1.165, 1.54) is 0 Å². The van der Waals surface area contributed by atoms with Crippen LogP contribution in [0.25, 0.3) is 10.9 Å². The molecule has 1 aromatic heterocycles. The number of anilines is 1. The second-order valence-electron chi connectivity index (χ2n) is 5.52. The number of hydrogen-bond acceptors (Lipinski definition) is 3. The fourth-order valence-corrected chi connectivity index (χ4v) is 3.20. The zero-order valence-corrected chi connectivity index (χ0v) is 14.1. The molecule has 1 heterocycles. The Kier molecular flexibility index (Phi) is 5.13. The van der Waals surface area contributed by atoms with Crippen LogP contribution in [0.4, 0.5) is 10.5 Å². The molecule has 0 saturated heterocycles. The molecule has 2 aromatic rings. The van der Waals surface area contributed by atoms with Crippen molar-refractivity contribution in [3.05, 3.63) is 36.0 Å². The molecule has 2 atom stereocenters. The zero-order chi connectivity index (χ0) is 16.3. The van der Waals surface area contributed by atoms with Gasteiger partial charge in [0.25, 0.3) is 0 Å². The molecule has 0 saturated carbocycles. The molecule has 0 radical (unpaired) electrons. The second-order valence-corrected chi connectivity index (χ2v) is 7.00. The van der Waals surface area contributed by atoms with Crippen LogP contribution in [-0.2, 0) is 10.8 Å². The molecule has 22 heavy (non-hydrogen) atoms. The normalized spacial score (nSPS) is 13.6. The Morgan fingerprint density at radius 1 is 1.45 bits per heavy atom. The van der Waals surface area contributed by atoms with Crippen molar-refractivity contribution in [1.29, 1.82) is 0 Å². The van der Waals surface area contributed by atoms with E-state index in [0.717, 1.165) is 16.5 Å². The van der Waals surface area contributed by atoms with Crippen LogP contribution in [0.3, 0.4) is 0 Å². The number of carbonyl (C=O) groups excluding carboxylic acids is 1. The van der Waals surface area contributed by atoms with E-state index in [1.54, 1.807) is 24.4 Å². The van der Waals surface area contributed by atoms with Gasteiger partial charge in [-0.05, 0) is 37.6 Å². The molecule has 5 nitrogen and oxygen atoms in total. The number of aryl methyl sites for hydroxylation is 1. The summed E-state index contributed by atoms with van der Waals surface area (Å²) in [5.41, 5.74) is 2.51. The van der Waals surface area contributed by atoms with E-state index in [9.17, 15) is 9.00 Å². The first-order chi connectivity index (χ1) is 10.4. The van der Waals surface area contributed by atoms with Gasteiger partial charge in [0, 0.05) is 47.5 Å². The minimum absolute atomic E-state index is 0.102. The van der Waals surface area contributed by atoms with Crippen molar-refractivity contribution in [2.75, 3.05) is 24.4 Å². The molecule has 1 aromatic carbocycles. The van der Waals surface area contributed by atoms with E-state index in [2.05, 4.69) is 10.3 Å². The number of carbonyl (C=O) groups is 1. The van der Waals surface area contributed by atoms with E-state index in [1.807, 2.05) is 38.1 Å². The van der Waals surface area contributed by atoms with Crippen molar-refractivity contribution in [2.24, 2.45) is 0 Å². The third-order valence-electron chi connectivity index (χ3n) is 3.55. The number of nitrogens with zero attached hydrogens (tertiary/aromatic N) is 2. The highest BCUT2D eigenvalue weighted by atomic mass is 32.2. The van der Waals surface area contributed by atoms with Gasteiger partial charge < -0.3 is 10.2 Å². The molecule has 0 aliphatic rings. The van der Waals surface area contributed by atoms with Gasteiger partial charge in [-0.1, -0.05) is 6.07 Å². The highest BCUT2D eigenvalue weighted by Gasteiger charge is 2.18. The Hall–Kier alpha value is -1.95. The summed E-state index contributed by atoms with van der Waals surface area (Å²) in [5.74, 6) is 0.455. The van der Waals surface area contributed by atoms with Crippen LogP contribution in [0.15, 0.2) is 30.5 Å². The number of urea groups is 1. The summed E-state index contributed by atoms with van der Waals surface area (Å²) in [5, 5.41) is 3.89. The predicted molar refractivity (Wildman–Crippen MR) is 91.7 cm³/mol. The quantitative estimate of drug-likeness (QED) is 0.942. The number of rotatable bonds is 4. The molecule has 2 unspecified atom stereocenters. The maximum absolute atomic E-state index is 12.4. The number of benzene rings is 1. The molecular formula is C16H21N3O2S. The SMILES string of the molecule is Cc1cc(NC(=O)N(C)C(C)CS(C)=O)c2ncccc2c1. The summed E-state index contributed by atoms with van der Waals surface area (Å²) in [7, 11) is 0.767. The molecule has 118 valence electrons. The summed E-state index contributed by atoms with van der Waals surface area (Å²) in [6, 6.07) is 7.45. The first-order valence-corrected chi connectivity index (χ1v) is 8.80. The van der Waals surface area contributed by atoms with Gasteiger partial charge in [0.05, 0.1) is 11.2 Å². The molecule has 1 N–H and O–H groups in total. The molecule has 2 rings (SSSR count). The molecule has 0 fully saturated rings. The largest absolute Gasteiger partial charge is 0.324 e. The van der Waals surface area contributed by atoms with Crippen LogP contribution in [-0.4, -0.2) is 45.2 Å². The van der Waals surface area contributed by atoms with Crippen molar-refractivity contribution in [3.63, 3.8) is 0 Å². The van der Waals surface area contributed by atoms with Crippen LogP contribution < -0.4 is 5.32 Å². The fourth-order valence-electron chi connectivity index (χ4n) is 2.29. The average Bonchev–Trinajstić information content (AvgIpc) is 2.45. The van der Waals surface area contributed by atoms with Crippen LogP contribution in [0.2, 0.25) is 0 Å². The molecule has 0 aliphatic carbocycles. The number of pyridine rings is 1. The third kappa shape index (κ3) is 3.82. The van der Waals surface area contributed by atoms with Gasteiger partial charge in [-0.2, -0.15) is 0 Å². The van der Waals surface area contributed by atoms with E-state index < -0.39 is 10.8 Å². The maximum Gasteiger partial charge on any atom is 0.321 e. The maximum atomic E-state index is 12.4. The first kappa shape index (κ1) is 16.4. The lowest BCUT2D eigenvalue weighted by Crippen LogP contribution is -2.41.